The normalized spacial score (nSPS) is 19.4. The van der Waals surface area contributed by atoms with Crippen LogP contribution in [0.2, 0.25) is 5.02 Å². The highest BCUT2D eigenvalue weighted by atomic mass is 35.5. The minimum atomic E-state index is -0.569. The second-order valence-electron chi connectivity index (χ2n) is 8.04. The lowest BCUT2D eigenvalue weighted by Crippen LogP contribution is -2.62. The Kier molecular flexibility index (Phi) is 4.70. The van der Waals surface area contributed by atoms with E-state index in [1.165, 1.54) is 0 Å². The molecule has 2 amide bonds. The average Bonchev–Trinajstić information content (AvgIpc) is 3.04. The van der Waals surface area contributed by atoms with Gasteiger partial charge in [-0.2, -0.15) is 5.26 Å². The van der Waals surface area contributed by atoms with Crippen LogP contribution >= 0.6 is 11.6 Å². The largest absolute Gasteiger partial charge is 0.376 e. The quantitative estimate of drug-likeness (QED) is 0.554. The molecule has 2 saturated heterocycles. The fourth-order valence-electron chi connectivity index (χ4n) is 4.53. The number of benzene rings is 3. The molecule has 1 atom stereocenters. The molecule has 2 fully saturated rings. The van der Waals surface area contributed by atoms with Crippen LogP contribution in [0.4, 0.5) is 16.2 Å². The van der Waals surface area contributed by atoms with E-state index in [2.05, 4.69) is 6.07 Å². The zero-order chi connectivity index (χ0) is 21.6. The van der Waals surface area contributed by atoms with E-state index < -0.39 is 5.54 Å². The highest BCUT2D eigenvalue weighted by molar-refractivity contribution is 6.30. The van der Waals surface area contributed by atoms with E-state index in [1.54, 1.807) is 23.1 Å². The van der Waals surface area contributed by atoms with Gasteiger partial charge in [0.25, 0.3) is 0 Å². The van der Waals surface area contributed by atoms with Crippen molar-refractivity contribution < 1.29 is 9.53 Å². The molecular weight excluding hydrogens is 410 g/mol. The molecule has 1 spiro atoms. The van der Waals surface area contributed by atoms with E-state index in [9.17, 15) is 10.1 Å². The van der Waals surface area contributed by atoms with Gasteiger partial charge in [0.2, 0.25) is 0 Å². The van der Waals surface area contributed by atoms with Crippen LogP contribution in [-0.2, 0) is 4.74 Å². The maximum Gasteiger partial charge on any atom is 0.330 e. The molecule has 1 unspecified atom stereocenters. The number of hydrogen-bond acceptors (Lipinski definition) is 3. The van der Waals surface area contributed by atoms with Crippen LogP contribution in [0.3, 0.4) is 0 Å². The van der Waals surface area contributed by atoms with Gasteiger partial charge in [-0.25, -0.2) is 4.79 Å². The fraction of sp³-hybridized carbons (Fsp3) is 0.200. The van der Waals surface area contributed by atoms with Crippen LogP contribution in [0.15, 0.2) is 72.8 Å². The minimum absolute atomic E-state index is 0.123. The molecule has 5 rings (SSSR count). The van der Waals surface area contributed by atoms with Crippen molar-refractivity contribution in [2.45, 2.75) is 18.5 Å². The number of nitrogens with zero attached hydrogens (tertiary/aromatic N) is 3. The molecule has 2 aliphatic rings. The van der Waals surface area contributed by atoms with Crippen molar-refractivity contribution in [3.8, 4) is 6.07 Å². The van der Waals surface area contributed by atoms with Gasteiger partial charge in [-0.3, -0.25) is 9.80 Å². The maximum atomic E-state index is 13.9. The Morgan fingerprint density at radius 3 is 2.32 bits per heavy atom. The highest BCUT2D eigenvalue weighted by Crippen LogP contribution is 2.51. The Bertz CT molecular complexity index is 1180. The topological polar surface area (TPSA) is 56.6 Å². The van der Waals surface area contributed by atoms with Gasteiger partial charge in [0, 0.05) is 16.4 Å². The number of carbonyl (C=O) groups is 1. The molecule has 2 aliphatic heterocycles. The Balaban J connectivity index is 1.71. The van der Waals surface area contributed by atoms with Crippen LogP contribution in [0.1, 0.15) is 22.7 Å². The standard InChI is InChI=1S/C25H20ClN3O2/c1-17-5-9-22(10-6-17)29-24(30)28(21-11-7-20(26)8-12-21)23(25(29)15-31-16-25)19-4-2-3-18(13-19)14-27/h2-13,23H,15-16H2,1H3. The van der Waals surface area contributed by atoms with Gasteiger partial charge in [-0.1, -0.05) is 41.4 Å². The molecule has 0 saturated carbocycles. The third-order valence-corrected chi connectivity index (χ3v) is 6.29. The number of hydrogen-bond donors (Lipinski definition) is 0. The molecule has 0 aromatic heterocycles. The Labute approximate surface area is 186 Å². The maximum absolute atomic E-state index is 13.9. The minimum Gasteiger partial charge on any atom is -0.376 e. The molecule has 3 aromatic carbocycles. The van der Waals surface area contributed by atoms with E-state index >= 15 is 0 Å². The lowest BCUT2D eigenvalue weighted by Gasteiger charge is -2.47. The molecule has 0 bridgehead atoms. The number of nitriles is 1. The smallest absolute Gasteiger partial charge is 0.330 e. The summed E-state index contributed by atoms with van der Waals surface area (Å²) in [5.41, 5.74) is 3.60. The van der Waals surface area contributed by atoms with Crippen molar-refractivity contribution in [1.29, 1.82) is 5.26 Å². The number of ether oxygens (including phenoxy) is 1. The number of aryl methyl sites for hydroxylation is 1. The first-order valence-electron chi connectivity index (χ1n) is 10.1. The summed E-state index contributed by atoms with van der Waals surface area (Å²) in [5.74, 6) is 0. The van der Waals surface area contributed by atoms with Crippen LogP contribution in [-0.4, -0.2) is 24.8 Å². The summed E-state index contributed by atoms with van der Waals surface area (Å²) in [7, 11) is 0. The van der Waals surface area contributed by atoms with Crippen molar-refractivity contribution in [2.75, 3.05) is 23.0 Å². The lowest BCUT2D eigenvalue weighted by atomic mass is 9.82. The van der Waals surface area contributed by atoms with Crippen molar-refractivity contribution >= 4 is 29.0 Å². The molecular formula is C25H20ClN3O2. The summed E-state index contributed by atoms with van der Waals surface area (Å²) in [6.07, 6.45) is 0. The van der Waals surface area contributed by atoms with Gasteiger partial charge in [-0.05, 0) is 61.0 Å². The van der Waals surface area contributed by atoms with Gasteiger partial charge in [0.15, 0.2) is 0 Å². The predicted molar refractivity (Wildman–Crippen MR) is 120 cm³/mol. The molecule has 31 heavy (non-hydrogen) atoms. The molecule has 3 aromatic rings. The van der Waals surface area contributed by atoms with Crippen molar-refractivity contribution in [3.63, 3.8) is 0 Å². The molecule has 0 aliphatic carbocycles. The third kappa shape index (κ3) is 3.07. The monoisotopic (exact) mass is 429 g/mol. The van der Waals surface area contributed by atoms with Gasteiger partial charge < -0.3 is 4.74 Å². The molecule has 6 heteroatoms. The average molecular weight is 430 g/mol. The number of rotatable bonds is 3. The molecule has 0 N–H and O–H groups in total. The molecule has 0 radical (unpaired) electrons. The summed E-state index contributed by atoms with van der Waals surface area (Å²) in [4.78, 5) is 17.6. The Morgan fingerprint density at radius 2 is 1.71 bits per heavy atom. The summed E-state index contributed by atoms with van der Waals surface area (Å²) in [6.45, 7) is 2.85. The number of carbonyl (C=O) groups excluding carboxylic acids is 1. The lowest BCUT2D eigenvalue weighted by molar-refractivity contribution is -0.0580. The van der Waals surface area contributed by atoms with Crippen molar-refractivity contribution in [2.24, 2.45) is 0 Å². The van der Waals surface area contributed by atoms with E-state index in [1.807, 2.05) is 66.4 Å². The van der Waals surface area contributed by atoms with E-state index in [0.29, 0.717) is 23.8 Å². The number of anilines is 2. The predicted octanol–water partition coefficient (Wildman–Crippen LogP) is 5.48. The highest BCUT2D eigenvalue weighted by Gasteiger charge is 2.63. The van der Waals surface area contributed by atoms with Crippen LogP contribution in [0.5, 0.6) is 0 Å². The summed E-state index contributed by atoms with van der Waals surface area (Å²) in [5, 5.41) is 10.1. The van der Waals surface area contributed by atoms with Gasteiger partial charge in [0.05, 0.1) is 30.9 Å². The molecule has 5 nitrogen and oxygen atoms in total. The van der Waals surface area contributed by atoms with E-state index in [-0.39, 0.29) is 12.1 Å². The van der Waals surface area contributed by atoms with E-state index in [4.69, 9.17) is 16.3 Å². The van der Waals surface area contributed by atoms with Crippen LogP contribution in [0.25, 0.3) is 0 Å². The summed E-state index contributed by atoms with van der Waals surface area (Å²) >= 11 is 6.11. The third-order valence-electron chi connectivity index (χ3n) is 6.04. The van der Waals surface area contributed by atoms with Gasteiger partial charge >= 0.3 is 6.03 Å². The number of urea groups is 1. The number of halogens is 1. The SMILES string of the molecule is Cc1ccc(N2C(=O)N(c3ccc(Cl)cc3)C(c3cccc(C#N)c3)C23COC3)cc1. The summed E-state index contributed by atoms with van der Waals surface area (Å²) < 4.78 is 5.69. The zero-order valence-electron chi connectivity index (χ0n) is 17.0. The van der Waals surface area contributed by atoms with Crippen LogP contribution < -0.4 is 9.80 Å². The molecule has 154 valence electrons. The Morgan fingerprint density at radius 1 is 1.03 bits per heavy atom. The zero-order valence-corrected chi connectivity index (χ0v) is 17.7. The second-order valence-corrected chi connectivity index (χ2v) is 8.47. The first-order chi connectivity index (χ1) is 15.0. The Hall–Kier alpha value is -3.33. The second kappa shape index (κ2) is 7.42. The van der Waals surface area contributed by atoms with E-state index in [0.717, 1.165) is 22.5 Å². The van der Waals surface area contributed by atoms with Crippen molar-refractivity contribution in [1.82, 2.24) is 0 Å². The van der Waals surface area contributed by atoms with Crippen LogP contribution in [0, 0.1) is 18.3 Å². The fourth-order valence-corrected chi connectivity index (χ4v) is 4.66. The van der Waals surface area contributed by atoms with Gasteiger partial charge in [-0.15, -0.1) is 0 Å². The van der Waals surface area contributed by atoms with Crippen molar-refractivity contribution in [3.05, 3.63) is 94.5 Å². The first kappa shape index (κ1) is 19.6. The van der Waals surface area contributed by atoms with Gasteiger partial charge in [0.1, 0.15) is 5.54 Å². The molecule has 2 heterocycles. The summed E-state index contributed by atoms with van der Waals surface area (Å²) in [6, 6.07) is 24.5. The number of amides is 2. The first-order valence-corrected chi connectivity index (χ1v) is 10.4.